The molecule has 8 heteroatoms. The summed E-state index contributed by atoms with van der Waals surface area (Å²) in [7, 11) is 0. The number of nitrogens with one attached hydrogen (secondary N) is 2. The first-order valence-corrected chi connectivity index (χ1v) is 9.51. The van der Waals surface area contributed by atoms with Crippen LogP contribution in [0.4, 0.5) is 10.1 Å². The van der Waals surface area contributed by atoms with Crippen molar-refractivity contribution in [1.29, 1.82) is 0 Å². The van der Waals surface area contributed by atoms with E-state index in [1.807, 2.05) is 31.2 Å². The summed E-state index contributed by atoms with van der Waals surface area (Å²) in [5.74, 6) is -0.846. The predicted molar refractivity (Wildman–Crippen MR) is 110 cm³/mol. The number of thioether (sulfide) groups is 1. The first-order chi connectivity index (χ1) is 13.4. The van der Waals surface area contributed by atoms with Gasteiger partial charge in [-0.2, -0.15) is 5.10 Å². The molecule has 1 aliphatic heterocycles. The molecule has 0 aliphatic carbocycles. The molecule has 2 N–H and O–H groups in total. The lowest BCUT2D eigenvalue weighted by Gasteiger charge is -2.09. The van der Waals surface area contributed by atoms with Gasteiger partial charge in [0.1, 0.15) is 11.1 Å². The molecule has 1 fully saturated rings. The second-order valence-corrected chi connectivity index (χ2v) is 7.45. The number of rotatable bonds is 5. The number of benzene rings is 2. The summed E-state index contributed by atoms with van der Waals surface area (Å²) in [5.41, 5.74) is 2.99. The molecule has 2 aromatic rings. The highest BCUT2D eigenvalue weighted by molar-refractivity contribution is 8.15. The molecule has 1 atom stereocenters. The summed E-state index contributed by atoms with van der Waals surface area (Å²) in [6, 6.07) is 13.3. The van der Waals surface area contributed by atoms with Crippen molar-refractivity contribution in [2.24, 2.45) is 10.2 Å². The highest BCUT2D eigenvalue weighted by Gasteiger charge is 2.32. The molecule has 0 bridgehead atoms. The molecular formula is C20H19FN4O2S. The fraction of sp³-hybridized carbons (Fsp3) is 0.200. The fourth-order valence-corrected chi connectivity index (χ4v) is 3.46. The number of hydrogen-bond donors (Lipinski definition) is 2. The first kappa shape index (κ1) is 19.8. The van der Waals surface area contributed by atoms with Crippen molar-refractivity contribution in [2.75, 3.05) is 5.32 Å². The van der Waals surface area contributed by atoms with E-state index in [0.717, 1.165) is 28.6 Å². The van der Waals surface area contributed by atoms with Crippen LogP contribution in [-0.2, 0) is 9.59 Å². The van der Waals surface area contributed by atoms with Gasteiger partial charge in [0.05, 0.1) is 5.71 Å². The Morgan fingerprint density at radius 2 is 1.93 bits per heavy atom. The molecular weight excluding hydrogens is 379 g/mol. The van der Waals surface area contributed by atoms with E-state index in [9.17, 15) is 14.0 Å². The van der Waals surface area contributed by atoms with Crippen LogP contribution < -0.4 is 10.6 Å². The van der Waals surface area contributed by atoms with Gasteiger partial charge in [-0.05, 0) is 43.2 Å². The smallest absolute Gasteiger partial charge is 0.240 e. The number of hydrogen-bond acceptors (Lipinski definition) is 5. The topological polar surface area (TPSA) is 82.9 Å². The molecule has 28 heavy (non-hydrogen) atoms. The van der Waals surface area contributed by atoms with E-state index < -0.39 is 5.25 Å². The molecule has 1 heterocycles. The minimum Gasteiger partial charge on any atom is -0.326 e. The minimum absolute atomic E-state index is 0.0323. The Kier molecular flexibility index (Phi) is 6.20. The summed E-state index contributed by atoms with van der Waals surface area (Å²) in [6.07, 6.45) is 0.0323. The second-order valence-electron chi connectivity index (χ2n) is 6.26. The molecule has 0 saturated carbocycles. The van der Waals surface area contributed by atoms with E-state index >= 15 is 0 Å². The van der Waals surface area contributed by atoms with Crippen molar-refractivity contribution < 1.29 is 14.0 Å². The number of halogens is 1. The fourth-order valence-electron chi connectivity index (χ4n) is 2.54. The average Bonchev–Trinajstić information content (AvgIpc) is 3.01. The number of carbonyl (C=O) groups is 2. The maximum Gasteiger partial charge on any atom is 0.240 e. The van der Waals surface area contributed by atoms with Gasteiger partial charge in [-0.1, -0.05) is 42.1 Å². The third-order valence-electron chi connectivity index (χ3n) is 4.12. The van der Waals surface area contributed by atoms with Crippen LogP contribution in [0.2, 0.25) is 0 Å². The maximum atomic E-state index is 13.0. The Morgan fingerprint density at radius 1 is 1.21 bits per heavy atom. The van der Waals surface area contributed by atoms with Crippen LogP contribution in [0.15, 0.2) is 58.7 Å². The number of nitrogens with zero attached hydrogens (tertiary/aromatic N) is 2. The van der Waals surface area contributed by atoms with E-state index in [1.165, 1.54) is 12.1 Å². The van der Waals surface area contributed by atoms with Gasteiger partial charge in [-0.15, -0.1) is 5.10 Å². The normalized spacial score (nSPS) is 18.2. The zero-order valence-corrected chi connectivity index (χ0v) is 16.2. The summed E-state index contributed by atoms with van der Waals surface area (Å²) < 4.78 is 13.0. The summed E-state index contributed by atoms with van der Waals surface area (Å²) in [5, 5.41) is 13.3. The quantitative estimate of drug-likeness (QED) is 0.598. The van der Waals surface area contributed by atoms with Crippen molar-refractivity contribution in [3.8, 4) is 0 Å². The van der Waals surface area contributed by atoms with Gasteiger partial charge in [0, 0.05) is 12.1 Å². The summed E-state index contributed by atoms with van der Waals surface area (Å²) in [6.45, 7) is 3.64. The van der Waals surface area contributed by atoms with Crippen molar-refractivity contribution in [3.05, 3.63) is 65.5 Å². The lowest BCUT2D eigenvalue weighted by Crippen LogP contribution is -2.28. The van der Waals surface area contributed by atoms with Crippen LogP contribution >= 0.6 is 11.8 Å². The average molecular weight is 398 g/mol. The third kappa shape index (κ3) is 5.04. The van der Waals surface area contributed by atoms with Crippen molar-refractivity contribution in [1.82, 2.24) is 5.32 Å². The lowest BCUT2D eigenvalue weighted by molar-refractivity contribution is -0.122. The Balaban J connectivity index is 1.60. The number of amides is 2. The zero-order valence-electron chi connectivity index (χ0n) is 15.4. The maximum absolute atomic E-state index is 13.0. The van der Waals surface area contributed by atoms with E-state index in [-0.39, 0.29) is 24.1 Å². The largest absolute Gasteiger partial charge is 0.326 e. The zero-order chi connectivity index (χ0) is 20.1. The second kappa shape index (κ2) is 8.79. The molecule has 3 rings (SSSR count). The van der Waals surface area contributed by atoms with Gasteiger partial charge in [0.2, 0.25) is 11.8 Å². The van der Waals surface area contributed by atoms with Gasteiger partial charge < -0.3 is 10.6 Å². The van der Waals surface area contributed by atoms with Crippen molar-refractivity contribution in [3.63, 3.8) is 0 Å². The molecule has 6 nitrogen and oxygen atoms in total. The Hall–Kier alpha value is -3.00. The van der Waals surface area contributed by atoms with Crippen LogP contribution in [0.5, 0.6) is 0 Å². The Labute approximate surface area is 166 Å². The van der Waals surface area contributed by atoms with Gasteiger partial charge in [0.25, 0.3) is 0 Å². The van der Waals surface area contributed by atoms with E-state index in [0.29, 0.717) is 10.9 Å². The number of anilines is 1. The molecule has 1 saturated heterocycles. The lowest BCUT2D eigenvalue weighted by atomic mass is 10.1. The minimum atomic E-state index is -0.566. The number of aryl methyl sites for hydroxylation is 1. The molecule has 0 unspecified atom stereocenters. The molecule has 0 radical (unpaired) electrons. The molecule has 0 aromatic heterocycles. The van der Waals surface area contributed by atoms with E-state index in [2.05, 4.69) is 20.8 Å². The van der Waals surface area contributed by atoms with Gasteiger partial charge in [-0.3, -0.25) is 9.59 Å². The molecule has 2 amide bonds. The standard InChI is InChI=1S/C20H19FN4O2S/c1-12-5-3-4-6-16(12)22-18(26)11-17-19(27)23-20(28-17)25-24-13(2)14-7-9-15(21)10-8-14/h3-10,17H,11H2,1-2H3,(H,22,26)(H,23,25,27)/b24-13-/t17-/m1/s1. The number of amidine groups is 1. The SMILES string of the molecule is C/C(=N/N=C1\NC(=O)[C@@H](CC(=O)Nc2ccccc2C)S1)c1ccc(F)cc1. The van der Waals surface area contributed by atoms with Crippen LogP contribution in [0, 0.1) is 12.7 Å². The van der Waals surface area contributed by atoms with Crippen molar-refractivity contribution >= 4 is 40.1 Å². The van der Waals surface area contributed by atoms with Gasteiger partial charge >= 0.3 is 0 Å². The predicted octanol–water partition coefficient (Wildman–Crippen LogP) is 3.47. The third-order valence-corrected chi connectivity index (χ3v) is 5.19. The van der Waals surface area contributed by atoms with Crippen LogP contribution in [0.1, 0.15) is 24.5 Å². The van der Waals surface area contributed by atoms with Gasteiger partial charge in [-0.25, -0.2) is 4.39 Å². The van der Waals surface area contributed by atoms with E-state index in [1.54, 1.807) is 19.1 Å². The summed E-state index contributed by atoms with van der Waals surface area (Å²) in [4.78, 5) is 24.4. The monoisotopic (exact) mass is 398 g/mol. The highest BCUT2D eigenvalue weighted by atomic mass is 32.2. The number of para-hydroxylation sites is 1. The summed E-state index contributed by atoms with van der Waals surface area (Å²) >= 11 is 1.16. The first-order valence-electron chi connectivity index (χ1n) is 8.63. The van der Waals surface area contributed by atoms with Gasteiger partial charge in [0.15, 0.2) is 5.17 Å². The number of carbonyl (C=O) groups excluding carboxylic acids is 2. The Bertz CT molecular complexity index is 957. The van der Waals surface area contributed by atoms with Crippen LogP contribution in [-0.4, -0.2) is 27.9 Å². The highest BCUT2D eigenvalue weighted by Crippen LogP contribution is 2.23. The van der Waals surface area contributed by atoms with Crippen LogP contribution in [0.25, 0.3) is 0 Å². The molecule has 144 valence electrons. The Morgan fingerprint density at radius 3 is 2.64 bits per heavy atom. The molecule has 0 spiro atoms. The van der Waals surface area contributed by atoms with Crippen LogP contribution in [0.3, 0.4) is 0 Å². The molecule has 1 aliphatic rings. The van der Waals surface area contributed by atoms with Crippen molar-refractivity contribution in [2.45, 2.75) is 25.5 Å². The van der Waals surface area contributed by atoms with E-state index in [4.69, 9.17) is 0 Å². The molecule has 2 aromatic carbocycles.